The van der Waals surface area contributed by atoms with Crippen LogP contribution in [0.4, 0.5) is 0 Å². The zero-order valence-electron chi connectivity index (χ0n) is 10.9. The van der Waals surface area contributed by atoms with Crippen LogP contribution in [0.25, 0.3) is 5.69 Å². The number of nitrogens with zero attached hydrogens (tertiary/aromatic N) is 2. The summed E-state index contributed by atoms with van der Waals surface area (Å²) in [5.74, 6) is 0. The number of rotatable bonds is 5. The van der Waals surface area contributed by atoms with Gasteiger partial charge in [0.15, 0.2) is 0 Å². The fraction of sp³-hybridized carbons (Fsp3) is 0.357. The Morgan fingerprint density at radius 3 is 2.61 bits per heavy atom. The second-order valence-electron chi connectivity index (χ2n) is 4.66. The van der Waals surface area contributed by atoms with Crippen LogP contribution in [-0.2, 0) is 0 Å². The minimum absolute atomic E-state index is 0.155. The van der Waals surface area contributed by atoms with E-state index in [0.29, 0.717) is 12.6 Å². The molecule has 0 aliphatic heterocycles. The van der Waals surface area contributed by atoms with E-state index < -0.39 is 0 Å². The first-order valence-electron chi connectivity index (χ1n) is 6.27. The molecule has 3 N–H and O–H groups in total. The zero-order chi connectivity index (χ0) is 13.0. The van der Waals surface area contributed by atoms with Gasteiger partial charge in [-0.1, -0.05) is 32.0 Å². The normalized spacial score (nSPS) is 12.9. The SMILES string of the molecule is CC(C)NC(CN)c1cnn(-c2ccccc2)c1. The fourth-order valence-electron chi connectivity index (χ4n) is 1.94. The van der Waals surface area contributed by atoms with E-state index in [9.17, 15) is 0 Å². The summed E-state index contributed by atoms with van der Waals surface area (Å²) in [5, 5.41) is 7.82. The summed E-state index contributed by atoms with van der Waals surface area (Å²) in [4.78, 5) is 0. The van der Waals surface area contributed by atoms with Crippen LogP contribution in [0.5, 0.6) is 0 Å². The predicted molar refractivity (Wildman–Crippen MR) is 73.6 cm³/mol. The Labute approximate surface area is 108 Å². The lowest BCUT2D eigenvalue weighted by Gasteiger charge is -2.17. The Balaban J connectivity index is 2.19. The largest absolute Gasteiger partial charge is 0.329 e. The summed E-state index contributed by atoms with van der Waals surface area (Å²) in [6.07, 6.45) is 3.90. The highest BCUT2D eigenvalue weighted by atomic mass is 15.3. The lowest BCUT2D eigenvalue weighted by atomic mass is 10.1. The third-order valence-electron chi connectivity index (χ3n) is 2.80. The number of para-hydroxylation sites is 1. The molecule has 0 saturated carbocycles. The minimum atomic E-state index is 0.155. The zero-order valence-corrected chi connectivity index (χ0v) is 10.9. The third kappa shape index (κ3) is 2.97. The van der Waals surface area contributed by atoms with Crippen LogP contribution in [0.2, 0.25) is 0 Å². The minimum Gasteiger partial charge on any atom is -0.329 e. The Bertz CT molecular complexity index is 476. The molecule has 0 fully saturated rings. The van der Waals surface area contributed by atoms with Crippen LogP contribution in [0, 0.1) is 0 Å². The van der Waals surface area contributed by atoms with Gasteiger partial charge in [0.2, 0.25) is 0 Å². The molecule has 1 unspecified atom stereocenters. The van der Waals surface area contributed by atoms with Crippen molar-refractivity contribution in [2.24, 2.45) is 5.73 Å². The quantitative estimate of drug-likeness (QED) is 0.844. The summed E-state index contributed by atoms with van der Waals surface area (Å²) in [6, 6.07) is 10.6. The first-order valence-corrected chi connectivity index (χ1v) is 6.27. The molecule has 1 aromatic heterocycles. The van der Waals surface area contributed by atoms with Crippen molar-refractivity contribution >= 4 is 0 Å². The molecule has 1 atom stereocenters. The Morgan fingerprint density at radius 2 is 2.00 bits per heavy atom. The van der Waals surface area contributed by atoms with Gasteiger partial charge < -0.3 is 11.1 Å². The number of aromatic nitrogens is 2. The maximum atomic E-state index is 5.80. The Kier molecular flexibility index (Phi) is 4.12. The van der Waals surface area contributed by atoms with E-state index in [4.69, 9.17) is 5.73 Å². The van der Waals surface area contributed by atoms with E-state index in [1.807, 2.05) is 47.4 Å². The molecular formula is C14H20N4. The maximum absolute atomic E-state index is 5.80. The molecule has 0 radical (unpaired) electrons. The van der Waals surface area contributed by atoms with Crippen LogP contribution in [-0.4, -0.2) is 22.4 Å². The molecule has 0 aliphatic carbocycles. The van der Waals surface area contributed by atoms with Crippen molar-refractivity contribution in [3.05, 3.63) is 48.3 Å². The number of hydrogen-bond acceptors (Lipinski definition) is 3. The van der Waals surface area contributed by atoms with E-state index in [1.54, 1.807) is 0 Å². The van der Waals surface area contributed by atoms with Crippen LogP contribution < -0.4 is 11.1 Å². The van der Waals surface area contributed by atoms with Crippen molar-refractivity contribution in [1.82, 2.24) is 15.1 Å². The van der Waals surface area contributed by atoms with Crippen molar-refractivity contribution in [2.45, 2.75) is 25.9 Å². The third-order valence-corrected chi connectivity index (χ3v) is 2.80. The van der Waals surface area contributed by atoms with Gasteiger partial charge in [-0.15, -0.1) is 0 Å². The molecule has 2 rings (SSSR count). The molecular weight excluding hydrogens is 224 g/mol. The molecule has 0 amide bonds. The summed E-state index contributed by atoms with van der Waals surface area (Å²) in [7, 11) is 0. The highest BCUT2D eigenvalue weighted by Crippen LogP contribution is 2.14. The Hall–Kier alpha value is -1.65. The summed E-state index contributed by atoms with van der Waals surface area (Å²) in [6.45, 7) is 4.80. The lowest BCUT2D eigenvalue weighted by Crippen LogP contribution is -2.32. The number of benzene rings is 1. The van der Waals surface area contributed by atoms with E-state index in [0.717, 1.165) is 11.3 Å². The first kappa shape index (κ1) is 12.8. The summed E-state index contributed by atoms with van der Waals surface area (Å²) in [5.41, 5.74) is 7.98. The van der Waals surface area contributed by atoms with Gasteiger partial charge in [-0.3, -0.25) is 0 Å². The summed E-state index contributed by atoms with van der Waals surface area (Å²) < 4.78 is 1.88. The van der Waals surface area contributed by atoms with Gasteiger partial charge in [-0.25, -0.2) is 4.68 Å². The molecule has 1 aromatic carbocycles. The van der Waals surface area contributed by atoms with Crippen LogP contribution in [0.3, 0.4) is 0 Å². The average Bonchev–Trinajstić information content (AvgIpc) is 2.86. The van der Waals surface area contributed by atoms with Gasteiger partial charge in [0, 0.05) is 30.4 Å². The van der Waals surface area contributed by atoms with Gasteiger partial charge in [-0.2, -0.15) is 5.10 Å². The molecule has 0 aliphatic rings. The van der Waals surface area contributed by atoms with E-state index in [1.165, 1.54) is 0 Å². The van der Waals surface area contributed by atoms with E-state index in [2.05, 4.69) is 24.3 Å². The van der Waals surface area contributed by atoms with Crippen molar-refractivity contribution < 1.29 is 0 Å². The monoisotopic (exact) mass is 244 g/mol. The van der Waals surface area contributed by atoms with Crippen LogP contribution in [0.15, 0.2) is 42.7 Å². The van der Waals surface area contributed by atoms with Gasteiger partial charge in [0.25, 0.3) is 0 Å². The van der Waals surface area contributed by atoms with E-state index in [-0.39, 0.29) is 6.04 Å². The predicted octanol–water partition coefficient (Wildman–Crippen LogP) is 1.87. The Morgan fingerprint density at radius 1 is 1.28 bits per heavy atom. The molecule has 0 bridgehead atoms. The smallest absolute Gasteiger partial charge is 0.0645 e. The molecule has 96 valence electrons. The molecule has 4 heteroatoms. The van der Waals surface area contributed by atoms with Gasteiger partial charge in [0.05, 0.1) is 11.9 Å². The molecule has 0 saturated heterocycles. The molecule has 0 spiro atoms. The second kappa shape index (κ2) is 5.80. The molecule has 1 heterocycles. The van der Waals surface area contributed by atoms with Gasteiger partial charge in [0.1, 0.15) is 0 Å². The molecule has 4 nitrogen and oxygen atoms in total. The molecule has 18 heavy (non-hydrogen) atoms. The van der Waals surface area contributed by atoms with Crippen molar-refractivity contribution in [2.75, 3.05) is 6.54 Å². The van der Waals surface area contributed by atoms with Crippen molar-refractivity contribution in [3.63, 3.8) is 0 Å². The summed E-state index contributed by atoms with van der Waals surface area (Å²) >= 11 is 0. The number of hydrogen-bond donors (Lipinski definition) is 2. The fourth-order valence-corrected chi connectivity index (χ4v) is 1.94. The van der Waals surface area contributed by atoms with Crippen LogP contribution >= 0.6 is 0 Å². The van der Waals surface area contributed by atoms with Crippen LogP contribution in [0.1, 0.15) is 25.5 Å². The standard InChI is InChI=1S/C14H20N4/c1-11(2)17-14(8-15)12-9-16-18(10-12)13-6-4-3-5-7-13/h3-7,9-11,14,17H,8,15H2,1-2H3. The number of nitrogens with two attached hydrogens (primary N) is 1. The first-order chi connectivity index (χ1) is 8.70. The maximum Gasteiger partial charge on any atom is 0.0645 e. The number of nitrogens with one attached hydrogen (secondary N) is 1. The van der Waals surface area contributed by atoms with Crippen molar-refractivity contribution in [1.29, 1.82) is 0 Å². The second-order valence-corrected chi connectivity index (χ2v) is 4.66. The lowest BCUT2D eigenvalue weighted by molar-refractivity contribution is 0.484. The highest BCUT2D eigenvalue weighted by Gasteiger charge is 2.12. The van der Waals surface area contributed by atoms with Crippen molar-refractivity contribution in [3.8, 4) is 5.69 Å². The topological polar surface area (TPSA) is 55.9 Å². The van der Waals surface area contributed by atoms with Gasteiger partial charge in [-0.05, 0) is 12.1 Å². The average molecular weight is 244 g/mol. The highest BCUT2D eigenvalue weighted by molar-refractivity contribution is 5.31. The van der Waals surface area contributed by atoms with Gasteiger partial charge >= 0.3 is 0 Å². The molecule has 2 aromatic rings. The van der Waals surface area contributed by atoms with E-state index >= 15 is 0 Å².